The molecular formula is C14H13ClN4O3. The molecule has 2 heterocycles. The van der Waals surface area contributed by atoms with E-state index in [1.165, 1.54) is 12.1 Å². The fourth-order valence-corrected chi connectivity index (χ4v) is 2.46. The van der Waals surface area contributed by atoms with Crippen LogP contribution in [0.4, 0.5) is 11.5 Å². The van der Waals surface area contributed by atoms with E-state index in [0.29, 0.717) is 30.3 Å². The number of morpholine rings is 1. The molecule has 22 heavy (non-hydrogen) atoms. The number of hydrogen-bond acceptors (Lipinski definition) is 6. The first-order chi connectivity index (χ1) is 10.6. The van der Waals surface area contributed by atoms with E-state index in [4.69, 9.17) is 16.3 Å². The van der Waals surface area contributed by atoms with E-state index in [0.717, 1.165) is 13.1 Å². The molecular weight excluding hydrogens is 308 g/mol. The number of anilines is 1. The van der Waals surface area contributed by atoms with Gasteiger partial charge in [0.05, 0.1) is 23.8 Å². The van der Waals surface area contributed by atoms with E-state index in [-0.39, 0.29) is 11.0 Å². The minimum absolute atomic E-state index is 0.0140. The smallest absolute Gasteiger partial charge is 0.270 e. The fraction of sp³-hybridized carbons (Fsp3) is 0.286. The average Bonchev–Trinajstić information content (AvgIpc) is 2.55. The maximum atomic E-state index is 10.9. The van der Waals surface area contributed by atoms with E-state index in [2.05, 4.69) is 14.9 Å². The summed E-state index contributed by atoms with van der Waals surface area (Å²) in [5.74, 6) is 0.699. The Bertz CT molecular complexity index is 704. The second kappa shape index (κ2) is 6.25. The molecule has 0 amide bonds. The van der Waals surface area contributed by atoms with E-state index in [1.54, 1.807) is 18.2 Å². The highest BCUT2D eigenvalue weighted by Gasteiger charge is 2.16. The number of benzene rings is 1. The van der Waals surface area contributed by atoms with Gasteiger partial charge in [-0.25, -0.2) is 9.97 Å². The summed E-state index contributed by atoms with van der Waals surface area (Å²) >= 11 is 6.01. The maximum absolute atomic E-state index is 10.9. The van der Waals surface area contributed by atoms with Gasteiger partial charge in [-0.2, -0.15) is 0 Å². The molecule has 1 aromatic carbocycles. The molecule has 0 spiro atoms. The van der Waals surface area contributed by atoms with Crippen molar-refractivity contribution in [2.45, 2.75) is 0 Å². The molecule has 8 heteroatoms. The van der Waals surface area contributed by atoms with Crippen molar-refractivity contribution >= 4 is 23.1 Å². The molecule has 1 fully saturated rings. The molecule has 114 valence electrons. The largest absolute Gasteiger partial charge is 0.378 e. The van der Waals surface area contributed by atoms with Gasteiger partial charge in [-0.05, 0) is 11.6 Å². The van der Waals surface area contributed by atoms with E-state index in [1.807, 2.05) is 0 Å². The third kappa shape index (κ3) is 3.15. The topological polar surface area (TPSA) is 81.4 Å². The van der Waals surface area contributed by atoms with Crippen LogP contribution in [-0.4, -0.2) is 41.2 Å². The molecule has 0 bridgehead atoms. The highest BCUT2D eigenvalue weighted by molar-refractivity contribution is 6.28. The van der Waals surface area contributed by atoms with Crippen molar-refractivity contribution in [2.75, 3.05) is 31.2 Å². The molecule has 0 N–H and O–H groups in total. The zero-order valence-corrected chi connectivity index (χ0v) is 12.4. The first-order valence-corrected chi connectivity index (χ1v) is 7.13. The quantitative estimate of drug-likeness (QED) is 0.491. The monoisotopic (exact) mass is 320 g/mol. The lowest BCUT2D eigenvalue weighted by atomic mass is 10.1. The predicted molar refractivity (Wildman–Crippen MR) is 82.2 cm³/mol. The zero-order valence-electron chi connectivity index (χ0n) is 11.6. The molecule has 1 aromatic heterocycles. The molecule has 2 aromatic rings. The molecule has 0 radical (unpaired) electrons. The van der Waals surface area contributed by atoms with Crippen LogP contribution < -0.4 is 4.90 Å². The van der Waals surface area contributed by atoms with Gasteiger partial charge in [0.1, 0.15) is 5.82 Å². The normalized spacial score (nSPS) is 14.9. The molecule has 1 aliphatic rings. The number of halogens is 1. The molecule has 3 rings (SSSR count). The molecule has 0 unspecified atom stereocenters. The van der Waals surface area contributed by atoms with E-state index in [9.17, 15) is 10.1 Å². The maximum Gasteiger partial charge on any atom is 0.270 e. The first-order valence-electron chi connectivity index (χ1n) is 6.75. The van der Waals surface area contributed by atoms with Gasteiger partial charge < -0.3 is 9.64 Å². The summed E-state index contributed by atoms with van der Waals surface area (Å²) in [6.45, 7) is 2.71. The summed E-state index contributed by atoms with van der Waals surface area (Å²) in [5, 5.41) is 11.0. The van der Waals surface area contributed by atoms with Crippen LogP contribution in [-0.2, 0) is 4.74 Å². The third-order valence-electron chi connectivity index (χ3n) is 3.37. The highest BCUT2D eigenvalue weighted by atomic mass is 35.5. The molecule has 7 nitrogen and oxygen atoms in total. The summed E-state index contributed by atoms with van der Waals surface area (Å²) in [4.78, 5) is 20.9. The van der Waals surface area contributed by atoms with Crippen LogP contribution in [0.1, 0.15) is 0 Å². The van der Waals surface area contributed by atoms with Crippen LogP contribution in [0.25, 0.3) is 11.3 Å². The third-order valence-corrected chi connectivity index (χ3v) is 3.54. The van der Waals surface area contributed by atoms with Gasteiger partial charge in [0.15, 0.2) is 0 Å². The van der Waals surface area contributed by atoms with Crippen LogP contribution in [0.15, 0.2) is 30.3 Å². The second-order valence-corrected chi connectivity index (χ2v) is 5.13. The minimum Gasteiger partial charge on any atom is -0.378 e. The Morgan fingerprint density at radius 3 is 2.73 bits per heavy atom. The van der Waals surface area contributed by atoms with Crippen LogP contribution in [0, 0.1) is 10.1 Å². The average molecular weight is 321 g/mol. The summed E-state index contributed by atoms with van der Waals surface area (Å²) < 4.78 is 5.32. The lowest BCUT2D eigenvalue weighted by Gasteiger charge is -2.28. The fourth-order valence-electron chi connectivity index (χ4n) is 2.29. The van der Waals surface area contributed by atoms with Crippen LogP contribution >= 0.6 is 11.6 Å². The first kappa shape index (κ1) is 14.7. The van der Waals surface area contributed by atoms with Gasteiger partial charge in [0.25, 0.3) is 5.69 Å². The van der Waals surface area contributed by atoms with Crippen molar-refractivity contribution in [2.24, 2.45) is 0 Å². The highest BCUT2D eigenvalue weighted by Crippen LogP contribution is 2.26. The predicted octanol–water partition coefficient (Wildman–Crippen LogP) is 2.54. The Kier molecular flexibility index (Phi) is 4.17. The number of nitrogens with zero attached hydrogens (tertiary/aromatic N) is 4. The lowest BCUT2D eigenvalue weighted by Crippen LogP contribution is -2.36. The molecule has 1 aliphatic heterocycles. The van der Waals surface area contributed by atoms with Crippen LogP contribution in [0.3, 0.4) is 0 Å². The SMILES string of the molecule is O=[N+]([O-])c1cccc(-c2cc(N3CCOCC3)nc(Cl)n2)c1. The van der Waals surface area contributed by atoms with Gasteiger partial charge in [0.2, 0.25) is 5.28 Å². The number of ether oxygens (including phenoxy) is 1. The van der Waals surface area contributed by atoms with Crippen molar-refractivity contribution in [3.63, 3.8) is 0 Å². The minimum atomic E-state index is -0.435. The van der Waals surface area contributed by atoms with Crippen molar-refractivity contribution in [1.29, 1.82) is 0 Å². The lowest BCUT2D eigenvalue weighted by molar-refractivity contribution is -0.384. The van der Waals surface area contributed by atoms with Gasteiger partial charge in [-0.1, -0.05) is 12.1 Å². The zero-order chi connectivity index (χ0) is 15.5. The Morgan fingerprint density at radius 1 is 1.23 bits per heavy atom. The number of non-ortho nitro benzene ring substituents is 1. The van der Waals surface area contributed by atoms with E-state index >= 15 is 0 Å². The summed E-state index contributed by atoms with van der Waals surface area (Å²) in [7, 11) is 0. The van der Waals surface area contributed by atoms with Gasteiger partial charge in [0, 0.05) is 36.9 Å². The van der Waals surface area contributed by atoms with Crippen molar-refractivity contribution in [3.8, 4) is 11.3 Å². The van der Waals surface area contributed by atoms with Crippen LogP contribution in [0.5, 0.6) is 0 Å². The van der Waals surface area contributed by atoms with Crippen LogP contribution in [0.2, 0.25) is 5.28 Å². The molecule has 1 saturated heterocycles. The van der Waals surface area contributed by atoms with Gasteiger partial charge >= 0.3 is 0 Å². The summed E-state index contributed by atoms with van der Waals surface area (Å²) in [6.07, 6.45) is 0. The number of nitro groups is 1. The summed E-state index contributed by atoms with van der Waals surface area (Å²) in [5.41, 5.74) is 1.21. The van der Waals surface area contributed by atoms with Crippen molar-refractivity contribution in [1.82, 2.24) is 9.97 Å². The molecule has 0 aliphatic carbocycles. The Balaban J connectivity index is 1.98. The second-order valence-electron chi connectivity index (χ2n) is 4.79. The molecule has 0 saturated carbocycles. The number of rotatable bonds is 3. The summed E-state index contributed by atoms with van der Waals surface area (Å²) in [6, 6.07) is 8.08. The Labute approximate surface area is 131 Å². The van der Waals surface area contributed by atoms with Gasteiger partial charge in [-0.3, -0.25) is 10.1 Å². The number of aromatic nitrogens is 2. The standard InChI is InChI=1S/C14H13ClN4O3/c15-14-16-12(10-2-1-3-11(8-10)19(20)21)9-13(17-14)18-4-6-22-7-5-18/h1-3,8-9H,4-7H2. The van der Waals surface area contributed by atoms with Crippen molar-refractivity contribution in [3.05, 3.63) is 45.7 Å². The number of nitro benzene ring substituents is 1. The van der Waals surface area contributed by atoms with Crippen molar-refractivity contribution < 1.29 is 9.66 Å². The number of hydrogen-bond donors (Lipinski definition) is 0. The van der Waals surface area contributed by atoms with E-state index < -0.39 is 4.92 Å². The van der Waals surface area contributed by atoms with Gasteiger partial charge in [-0.15, -0.1) is 0 Å². The molecule has 0 atom stereocenters. The Morgan fingerprint density at radius 2 is 2.00 bits per heavy atom. The Hall–Kier alpha value is -2.25.